The fourth-order valence-electron chi connectivity index (χ4n) is 1.27. The van der Waals surface area contributed by atoms with Gasteiger partial charge < -0.3 is 10.8 Å². The van der Waals surface area contributed by atoms with Gasteiger partial charge in [-0.25, -0.2) is 0 Å². The molecule has 0 heterocycles. The molecule has 90 valence electrons. The summed E-state index contributed by atoms with van der Waals surface area (Å²) in [6.45, 7) is 2.21. The molecule has 0 unspecified atom stereocenters. The van der Waals surface area contributed by atoms with Crippen LogP contribution in [-0.2, 0) is 4.79 Å². The summed E-state index contributed by atoms with van der Waals surface area (Å²) in [4.78, 5) is 10.4. The summed E-state index contributed by atoms with van der Waals surface area (Å²) in [5.74, 6) is 0.669. The number of carbonyl (C=O) groups is 1. The Morgan fingerprint density at radius 3 is 2.47 bits per heavy atom. The van der Waals surface area contributed by atoms with E-state index in [0.29, 0.717) is 5.75 Å². The van der Waals surface area contributed by atoms with E-state index in [4.69, 9.17) is 10.8 Å². The fraction of sp³-hybridized carbons (Fsp3) is 0.909. The number of hydrogen-bond donors (Lipinski definition) is 2. The standard InChI is InChI=1S/C11H23NO2S/c1-2-3-4-5-6-7-8-15-9-10(12)11(13)14/h10H,2-9,12H2,1H3,(H,13,14)/t10-/m1/s1. The van der Waals surface area contributed by atoms with Crippen LogP contribution in [0.4, 0.5) is 0 Å². The third-order valence-electron chi connectivity index (χ3n) is 2.26. The van der Waals surface area contributed by atoms with Crippen LogP contribution in [0.25, 0.3) is 0 Å². The lowest BCUT2D eigenvalue weighted by molar-refractivity contribution is -0.137. The number of carboxylic acid groups (broad SMARTS) is 1. The highest BCUT2D eigenvalue weighted by Gasteiger charge is 2.09. The zero-order chi connectivity index (χ0) is 11.5. The van der Waals surface area contributed by atoms with Crippen LogP contribution >= 0.6 is 11.8 Å². The van der Waals surface area contributed by atoms with Crippen molar-refractivity contribution in [3.05, 3.63) is 0 Å². The van der Waals surface area contributed by atoms with Crippen LogP contribution in [0, 0.1) is 0 Å². The number of unbranched alkanes of at least 4 members (excludes halogenated alkanes) is 5. The van der Waals surface area contributed by atoms with Gasteiger partial charge in [0, 0.05) is 5.75 Å². The Balaban J connectivity index is 3.08. The summed E-state index contributed by atoms with van der Waals surface area (Å²) in [6.07, 6.45) is 7.68. The maximum atomic E-state index is 10.4. The zero-order valence-corrected chi connectivity index (χ0v) is 10.4. The first-order valence-electron chi connectivity index (χ1n) is 5.74. The van der Waals surface area contributed by atoms with E-state index in [1.54, 1.807) is 11.8 Å². The van der Waals surface area contributed by atoms with Gasteiger partial charge in [0.05, 0.1) is 0 Å². The van der Waals surface area contributed by atoms with E-state index in [-0.39, 0.29) is 0 Å². The molecule has 0 aliphatic carbocycles. The quantitative estimate of drug-likeness (QED) is 0.569. The third kappa shape index (κ3) is 10.1. The predicted molar refractivity (Wildman–Crippen MR) is 66.3 cm³/mol. The molecule has 0 bridgehead atoms. The van der Waals surface area contributed by atoms with Gasteiger partial charge in [0.25, 0.3) is 0 Å². The summed E-state index contributed by atoms with van der Waals surface area (Å²) in [6, 6.07) is -0.699. The summed E-state index contributed by atoms with van der Waals surface area (Å²) in [7, 11) is 0. The van der Waals surface area contributed by atoms with Gasteiger partial charge in [-0.15, -0.1) is 0 Å². The SMILES string of the molecule is CCCCCCCCSC[C@@H](N)C(=O)O. The molecule has 0 radical (unpaired) electrons. The Labute approximate surface area is 96.8 Å². The largest absolute Gasteiger partial charge is 0.480 e. The van der Waals surface area contributed by atoms with Gasteiger partial charge in [0.2, 0.25) is 0 Å². The molecule has 3 nitrogen and oxygen atoms in total. The molecule has 0 aromatic rings. The number of carboxylic acids is 1. The predicted octanol–water partition coefficient (Wildman–Crippen LogP) is 2.49. The average molecular weight is 233 g/mol. The number of hydrogen-bond acceptors (Lipinski definition) is 3. The second-order valence-electron chi connectivity index (χ2n) is 3.79. The highest BCUT2D eigenvalue weighted by atomic mass is 32.2. The summed E-state index contributed by atoms with van der Waals surface area (Å²) >= 11 is 1.65. The second-order valence-corrected chi connectivity index (χ2v) is 4.94. The van der Waals surface area contributed by atoms with E-state index in [1.807, 2.05) is 0 Å². The minimum absolute atomic E-state index is 0.532. The van der Waals surface area contributed by atoms with Gasteiger partial charge in [-0.1, -0.05) is 39.0 Å². The molecule has 0 rings (SSSR count). The van der Waals surface area contributed by atoms with Crippen molar-refractivity contribution in [3.8, 4) is 0 Å². The Kier molecular flexibility index (Phi) is 10.2. The van der Waals surface area contributed by atoms with Crippen molar-refractivity contribution in [1.29, 1.82) is 0 Å². The van der Waals surface area contributed by atoms with Gasteiger partial charge >= 0.3 is 5.97 Å². The van der Waals surface area contributed by atoms with Crippen LogP contribution < -0.4 is 5.73 Å². The van der Waals surface area contributed by atoms with Crippen molar-refractivity contribution in [1.82, 2.24) is 0 Å². The first-order chi connectivity index (χ1) is 7.18. The van der Waals surface area contributed by atoms with Crippen LogP contribution in [0.3, 0.4) is 0 Å². The molecule has 0 aromatic heterocycles. The number of thioether (sulfide) groups is 1. The molecule has 3 N–H and O–H groups in total. The molecule has 0 aromatic carbocycles. The van der Waals surface area contributed by atoms with Crippen molar-refractivity contribution in [3.63, 3.8) is 0 Å². The van der Waals surface area contributed by atoms with Crippen molar-refractivity contribution in [2.75, 3.05) is 11.5 Å². The molecule has 0 saturated carbocycles. The van der Waals surface area contributed by atoms with E-state index in [2.05, 4.69) is 6.92 Å². The maximum Gasteiger partial charge on any atom is 0.321 e. The lowest BCUT2D eigenvalue weighted by Gasteiger charge is -2.05. The summed E-state index contributed by atoms with van der Waals surface area (Å²) < 4.78 is 0. The number of aliphatic carboxylic acids is 1. The Bertz CT molecular complexity index is 165. The monoisotopic (exact) mass is 233 g/mol. The van der Waals surface area contributed by atoms with Crippen molar-refractivity contribution >= 4 is 17.7 Å². The molecule has 0 fully saturated rings. The first kappa shape index (κ1) is 14.8. The van der Waals surface area contributed by atoms with Crippen LogP contribution in [0.1, 0.15) is 45.4 Å². The Morgan fingerprint density at radius 2 is 1.87 bits per heavy atom. The van der Waals surface area contributed by atoms with Gasteiger partial charge in [0.1, 0.15) is 6.04 Å². The molecule has 0 amide bonds. The summed E-state index contributed by atoms with van der Waals surface area (Å²) in [5.41, 5.74) is 5.38. The van der Waals surface area contributed by atoms with Crippen LogP contribution in [0.5, 0.6) is 0 Å². The maximum absolute atomic E-state index is 10.4. The highest BCUT2D eigenvalue weighted by Crippen LogP contribution is 2.10. The molecule has 4 heteroatoms. The van der Waals surface area contributed by atoms with Crippen LogP contribution in [0.2, 0.25) is 0 Å². The van der Waals surface area contributed by atoms with Gasteiger partial charge in [-0.05, 0) is 12.2 Å². The van der Waals surface area contributed by atoms with Gasteiger partial charge in [0.15, 0.2) is 0 Å². The topological polar surface area (TPSA) is 63.3 Å². The minimum Gasteiger partial charge on any atom is -0.480 e. The Hall–Kier alpha value is -0.220. The van der Waals surface area contributed by atoms with Gasteiger partial charge in [-0.2, -0.15) is 11.8 Å². The zero-order valence-electron chi connectivity index (χ0n) is 9.58. The van der Waals surface area contributed by atoms with E-state index < -0.39 is 12.0 Å². The average Bonchev–Trinajstić information content (AvgIpc) is 2.21. The fourth-order valence-corrected chi connectivity index (χ4v) is 2.24. The summed E-state index contributed by atoms with van der Waals surface area (Å²) in [5, 5.41) is 8.54. The highest BCUT2D eigenvalue weighted by molar-refractivity contribution is 7.99. The third-order valence-corrected chi connectivity index (χ3v) is 3.43. The second kappa shape index (κ2) is 10.3. The number of rotatable bonds is 10. The van der Waals surface area contributed by atoms with Crippen LogP contribution in [-0.4, -0.2) is 28.6 Å². The van der Waals surface area contributed by atoms with E-state index in [0.717, 1.165) is 5.75 Å². The van der Waals surface area contributed by atoms with E-state index >= 15 is 0 Å². The van der Waals surface area contributed by atoms with Crippen molar-refractivity contribution in [2.24, 2.45) is 5.73 Å². The smallest absolute Gasteiger partial charge is 0.321 e. The van der Waals surface area contributed by atoms with Crippen LogP contribution in [0.15, 0.2) is 0 Å². The molecule has 0 aliphatic heterocycles. The molecule has 15 heavy (non-hydrogen) atoms. The molecule has 0 spiro atoms. The number of nitrogens with two attached hydrogens (primary N) is 1. The lowest BCUT2D eigenvalue weighted by Crippen LogP contribution is -2.32. The van der Waals surface area contributed by atoms with E-state index in [1.165, 1.54) is 38.5 Å². The molecule has 0 saturated heterocycles. The molecule has 0 aliphatic rings. The molecule has 1 atom stereocenters. The van der Waals surface area contributed by atoms with Crippen molar-refractivity contribution < 1.29 is 9.90 Å². The normalized spacial score (nSPS) is 12.7. The Morgan fingerprint density at radius 1 is 1.27 bits per heavy atom. The molecular formula is C11H23NO2S. The minimum atomic E-state index is -0.898. The molecular weight excluding hydrogens is 210 g/mol. The van der Waals surface area contributed by atoms with E-state index in [9.17, 15) is 4.79 Å². The first-order valence-corrected chi connectivity index (χ1v) is 6.90. The van der Waals surface area contributed by atoms with Crippen molar-refractivity contribution in [2.45, 2.75) is 51.5 Å². The van der Waals surface area contributed by atoms with Gasteiger partial charge in [-0.3, -0.25) is 4.79 Å². The lowest BCUT2D eigenvalue weighted by atomic mass is 10.1.